The van der Waals surface area contributed by atoms with Crippen LogP contribution in [0.1, 0.15) is 110 Å². The number of aliphatic hydroxyl groups is 1. The summed E-state index contributed by atoms with van der Waals surface area (Å²) in [5.41, 5.74) is 0. The van der Waals surface area contributed by atoms with E-state index in [9.17, 15) is 0 Å². The van der Waals surface area contributed by atoms with Gasteiger partial charge in [-0.25, -0.2) is 0 Å². The normalized spacial score (nSPS) is 14.1. The Bertz CT molecular complexity index is 224. The first kappa shape index (κ1) is 24.4. The topological polar surface area (TPSA) is 20.2 Å². The van der Waals surface area contributed by atoms with Crippen LogP contribution in [0.2, 0.25) is 0 Å². The Morgan fingerprint density at radius 1 is 0.565 bits per heavy atom. The molecule has 0 aromatic carbocycles. The zero-order valence-corrected chi connectivity index (χ0v) is 19.7. The van der Waals surface area contributed by atoms with Crippen LogP contribution in [0.5, 0.6) is 0 Å². The molecule has 0 amide bonds. The van der Waals surface area contributed by atoms with Crippen LogP contribution in [0.3, 0.4) is 0 Å². The Balaban J connectivity index is 3.32. The minimum atomic E-state index is 0.365. The zero-order valence-electron chi connectivity index (χ0n) is 15.4. The zero-order chi connectivity index (χ0) is 17.2. The molecule has 0 rings (SSSR count). The van der Waals surface area contributed by atoms with Crippen LogP contribution in [-0.4, -0.2) is 19.6 Å². The van der Waals surface area contributed by atoms with Crippen molar-refractivity contribution < 1.29 is 5.11 Å². The highest BCUT2D eigenvalue weighted by molar-refractivity contribution is 14.1. The van der Waals surface area contributed by atoms with Gasteiger partial charge in [-0.3, -0.25) is 0 Å². The van der Waals surface area contributed by atoms with Crippen LogP contribution in [0.15, 0.2) is 0 Å². The van der Waals surface area contributed by atoms with Gasteiger partial charge in [0.2, 0.25) is 0 Å². The summed E-state index contributed by atoms with van der Waals surface area (Å²) in [4.78, 5) is 0. The fraction of sp³-hybridized carbons (Fsp3) is 1.00. The number of aliphatic hydroxyl groups excluding tert-OH is 1. The van der Waals surface area contributed by atoms with Gasteiger partial charge < -0.3 is 5.11 Å². The predicted molar refractivity (Wildman–Crippen MR) is 122 cm³/mol. The Morgan fingerprint density at radius 3 is 1.30 bits per heavy atom. The molecule has 1 N–H and O–H groups in total. The van der Waals surface area contributed by atoms with Gasteiger partial charge in [0.25, 0.3) is 0 Å². The molecule has 0 radical (unpaired) electrons. The second kappa shape index (κ2) is 19.7. The molecule has 0 saturated heterocycles. The van der Waals surface area contributed by atoms with Crippen molar-refractivity contribution in [2.45, 2.75) is 118 Å². The molecule has 0 spiro atoms. The number of hydrogen-bond acceptors (Lipinski definition) is 1. The summed E-state index contributed by atoms with van der Waals surface area (Å²) in [5, 5.41) is 8.77. The van der Waals surface area contributed by atoms with Gasteiger partial charge in [-0.2, -0.15) is 0 Å². The average Bonchev–Trinajstić information content (AvgIpc) is 2.56. The Morgan fingerprint density at radius 2 is 0.913 bits per heavy atom. The first-order valence-corrected chi connectivity index (χ1v) is 12.6. The van der Waals surface area contributed by atoms with E-state index in [1.54, 1.807) is 0 Å². The average molecular weight is 550 g/mol. The molecule has 0 bridgehead atoms. The third kappa shape index (κ3) is 18.0. The minimum absolute atomic E-state index is 0.365. The van der Waals surface area contributed by atoms with Gasteiger partial charge in [0.15, 0.2) is 0 Å². The SMILES string of the molecule is CCCCCCCCCCCC(I)C(I)CCCCCCCO. The van der Waals surface area contributed by atoms with Crippen LogP contribution in [0.4, 0.5) is 0 Å². The molecule has 0 aromatic heterocycles. The highest BCUT2D eigenvalue weighted by Crippen LogP contribution is 2.26. The summed E-state index contributed by atoms with van der Waals surface area (Å²) in [6.07, 6.45) is 21.9. The summed E-state index contributed by atoms with van der Waals surface area (Å²) >= 11 is 5.36. The van der Waals surface area contributed by atoms with Crippen LogP contribution in [0.25, 0.3) is 0 Å². The molecule has 2 unspecified atom stereocenters. The molecule has 0 heterocycles. The van der Waals surface area contributed by atoms with Crippen molar-refractivity contribution in [1.82, 2.24) is 0 Å². The molecule has 140 valence electrons. The van der Waals surface area contributed by atoms with Gasteiger partial charge in [-0.15, -0.1) is 0 Å². The number of unbranched alkanes of at least 4 members (excludes halogenated alkanes) is 12. The van der Waals surface area contributed by atoms with Crippen molar-refractivity contribution in [1.29, 1.82) is 0 Å². The smallest absolute Gasteiger partial charge is 0.0431 e. The molecule has 23 heavy (non-hydrogen) atoms. The molecular weight excluding hydrogens is 510 g/mol. The van der Waals surface area contributed by atoms with Gasteiger partial charge in [0.1, 0.15) is 0 Å². The number of halogens is 2. The van der Waals surface area contributed by atoms with E-state index in [1.165, 1.54) is 96.3 Å². The lowest BCUT2D eigenvalue weighted by molar-refractivity contribution is 0.282. The maximum Gasteiger partial charge on any atom is 0.0431 e. The van der Waals surface area contributed by atoms with Crippen molar-refractivity contribution in [2.24, 2.45) is 0 Å². The van der Waals surface area contributed by atoms with E-state index in [0.29, 0.717) is 6.61 Å². The minimum Gasteiger partial charge on any atom is -0.396 e. The molecular formula is C20H40I2O. The fourth-order valence-corrected chi connectivity index (χ4v) is 4.59. The van der Waals surface area contributed by atoms with E-state index in [1.807, 2.05) is 0 Å². The number of rotatable bonds is 18. The maximum atomic E-state index is 8.77. The molecule has 0 saturated carbocycles. The van der Waals surface area contributed by atoms with Gasteiger partial charge in [0, 0.05) is 14.5 Å². The van der Waals surface area contributed by atoms with E-state index in [-0.39, 0.29) is 0 Å². The standard InChI is InChI=1S/C20H40I2O/c1-2-3-4-5-6-7-8-10-13-16-19(21)20(22)17-14-11-9-12-15-18-23/h19-20,23H,2-18H2,1H3. The lowest BCUT2D eigenvalue weighted by Gasteiger charge is -2.16. The first-order valence-electron chi connectivity index (χ1n) is 10.1. The predicted octanol–water partition coefficient (Wildman–Crippen LogP) is 7.85. The van der Waals surface area contributed by atoms with Crippen molar-refractivity contribution >= 4 is 45.2 Å². The quantitative estimate of drug-likeness (QED) is 0.105. The van der Waals surface area contributed by atoms with Crippen LogP contribution < -0.4 is 0 Å². The highest BCUT2D eigenvalue weighted by Gasteiger charge is 2.14. The fourth-order valence-electron chi connectivity index (χ4n) is 2.99. The Hall–Kier alpha value is 1.42. The molecule has 1 nitrogen and oxygen atoms in total. The van der Waals surface area contributed by atoms with E-state index < -0.39 is 0 Å². The van der Waals surface area contributed by atoms with Crippen molar-refractivity contribution in [3.63, 3.8) is 0 Å². The molecule has 0 aliphatic carbocycles. The largest absolute Gasteiger partial charge is 0.396 e. The summed E-state index contributed by atoms with van der Waals surface area (Å²) < 4.78 is 1.70. The van der Waals surface area contributed by atoms with Gasteiger partial charge in [-0.05, 0) is 19.3 Å². The third-order valence-electron chi connectivity index (χ3n) is 4.61. The molecule has 0 fully saturated rings. The van der Waals surface area contributed by atoms with Crippen molar-refractivity contribution in [3.8, 4) is 0 Å². The van der Waals surface area contributed by atoms with Crippen LogP contribution >= 0.6 is 45.2 Å². The van der Waals surface area contributed by atoms with E-state index in [4.69, 9.17) is 5.11 Å². The molecule has 0 aromatic rings. The number of alkyl halides is 2. The first-order chi connectivity index (χ1) is 11.2. The summed E-state index contributed by atoms with van der Waals surface area (Å²) in [5.74, 6) is 0. The van der Waals surface area contributed by atoms with Crippen molar-refractivity contribution in [2.75, 3.05) is 6.61 Å². The van der Waals surface area contributed by atoms with E-state index in [0.717, 1.165) is 14.3 Å². The van der Waals surface area contributed by atoms with Gasteiger partial charge >= 0.3 is 0 Å². The highest BCUT2D eigenvalue weighted by atomic mass is 127. The third-order valence-corrected chi connectivity index (χ3v) is 8.97. The second-order valence-electron chi connectivity index (χ2n) is 6.93. The van der Waals surface area contributed by atoms with E-state index >= 15 is 0 Å². The second-order valence-corrected chi connectivity index (χ2v) is 10.1. The molecule has 0 aliphatic rings. The molecule has 3 heteroatoms. The van der Waals surface area contributed by atoms with E-state index in [2.05, 4.69) is 52.1 Å². The lowest BCUT2D eigenvalue weighted by Crippen LogP contribution is -2.13. The van der Waals surface area contributed by atoms with Gasteiger partial charge in [0.05, 0.1) is 0 Å². The lowest BCUT2D eigenvalue weighted by atomic mass is 10.0. The maximum absolute atomic E-state index is 8.77. The van der Waals surface area contributed by atoms with Crippen LogP contribution in [0, 0.1) is 0 Å². The van der Waals surface area contributed by atoms with Gasteiger partial charge in [-0.1, -0.05) is 136 Å². The van der Waals surface area contributed by atoms with Crippen LogP contribution in [-0.2, 0) is 0 Å². The molecule has 0 aliphatic heterocycles. The Labute approximate surface area is 173 Å². The monoisotopic (exact) mass is 550 g/mol. The summed E-state index contributed by atoms with van der Waals surface area (Å²) in [6, 6.07) is 0. The summed E-state index contributed by atoms with van der Waals surface area (Å²) in [6.45, 7) is 2.65. The number of hydrogen-bond donors (Lipinski definition) is 1. The summed E-state index contributed by atoms with van der Waals surface area (Å²) in [7, 11) is 0. The molecule has 2 atom stereocenters. The van der Waals surface area contributed by atoms with Crippen molar-refractivity contribution in [3.05, 3.63) is 0 Å². The Kier molecular flexibility index (Phi) is 21.0.